The molecule has 0 heterocycles. The van der Waals surface area contributed by atoms with Crippen LogP contribution in [-0.4, -0.2) is 11.1 Å². The minimum absolute atomic E-state index is 0.446. The van der Waals surface area contributed by atoms with E-state index in [4.69, 9.17) is 0 Å². The molecule has 0 aliphatic heterocycles. The lowest BCUT2D eigenvalue weighted by Crippen LogP contribution is -2.05. The lowest BCUT2D eigenvalue weighted by atomic mass is 9.93. The summed E-state index contributed by atoms with van der Waals surface area (Å²) in [4.78, 5) is 11.6. The molecule has 0 saturated carbocycles. The van der Waals surface area contributed by atoms with Crippen molar-refractivity contribution in [3.63, 3.8) is 0 Å². The van der Waals surface area contributed by atoms with E-state index in [1.165, 1.54) is 0 Å². The summed E-state index contributed by atoms with van der Waals surface area (Å²) in [6.45, 7) is 2.11. The van der Waals surface area contributed by atoms with Crippen LogP contribution in [0.1, 0.15) is 35.7 Å². The van der Waals surface area contributed by atoms with E-state index >= 15 is 0 Å². The van der Waals surface area contributed by atoms with E-state index < -0.39 is 5.97 Å². The smallest absolute Gasteiger partial charge is 0.336 e. The van der Waals surface area contributed by atoms with Gasteiger partial charge in [0.1, 0.15) is 0 Å². The van der Waals surface area contributed by atoms with E-state index in [0.717, 1.165) is 36.0 Å². The average molecular weight is 254 g/mol. The third kappa shape index (κ3) is 3.02. The van der Waals surface area contributed by atoms with Gasteiger partial charge < -0.3 is 5.11 Å². The van der Waals surface area contributed by atoms with Crippen molar-refractivity contribution in [2.45, 2.75) is 26.2 Å². The molecule has 0 saturated heterocycles. The Morgan fingerprint density at radius 3 is 2.42 bits per heavy atom. The molecule has 0 amide bonds. The quantitative estimate of drug-likeness (QED) is 0.859. The van der Waals surface area contributed by atoms with E-state index in [1.807, 2.05) is 48.5 Å². The Labute approximate surface area is 113 Å². The fraction of sp³-hybridized carbons (Fsp3) is 0.235. The van der Waals surface area contributed by atoms with Gasteiger partial charge in [0, 0.05) is 0 Å². The van der Waals surface area contributed by atoms with Crippen LogP contribution in [0.2, 0.25) is 0 Å². The van der Waals surface area contributed by atoms with Crippen molar-refractivity contribution in [1.29, 1.82) is 0 Å². The second-order valence-electron chi connectivity index (χ2n) is 4.61. The zero-order valence-corrected chi connectivity index (χ0v) is 11.1. The van der Waals surface area contributed by atoms with E-state index in [0.29, 0.717) is 5.56 Å². The van der Waals surface area contributed by atoms with Gasteiger partial charge in [-0.15, -0.1) is 0 Å². The molecule has 0 aliphatic rings. The van der Waals surface area contributed by atoms with Crippen molar-refractivity contribution >= 4 is 5.97 Å². The predicted molar refractivity (Wildman–Crippen MR) is 77.4 cm³/mol. The number of carbonyl (C=O) groups is 1. The molecule has 1 N–H and O–H groups in total. The molecule has 2 aromatic rings. The van der Waals surface area contributed by atoms with Gasteiger partial charge in [0.05, 0.1) is 5.56 Å². The summed E-state index contributed by atoms with van der Waals surface area (Å²) < 4.78 is 0. The molecule has 2 nitrogen and oxygen atoms in total. The molecule has 19 heavy (non-hydrogen) atoms. The third-order valence-corrected chi connectivity index (χ3v) is 3.25. The normalized spacial score (nSPS) is 10.4. The maximum Gasteiger partial charge on any atom is 0.336 e. The summed E-state index contributed by atoms with van der Waals surface area (Å²) >= 11 is 0. The Morgan fingerprint density at radius 2 is 1.79 bits per heavy atom. The molecule has 0 aliphatic carbocycles. The van der Waals surface area contributed by atoms with Crippen LogP contribution in [-0.2, 0) is 6.42 Å². The van der Waals surface area contributed by atoms with Crippen LogP contribution in [0.5, 0.6) is 0 Å². The van der Waals surface area contributed by atoms with Gasteiger partial charge in [-0.1, -0.05) is 61.9 Å². The molecular formula is C17H18O2. The van der Waals surface area contributed by atoms with Crippen molar-refractivity contribution in [2.75, 3.05) is 0 Å². The third-order valence-electron chi connectivity index (χ3n) is 3.25. The maximum absolute atomic E-state index is 11.6. The first-order valence-corrected chi connectivity index (χ1v) is 6.64. The number of rotatable bonds is 5. The standard InChI is InChI=1S/C17H18O2/c1-2-3-8-14-11-7-12-15(16(14)17(18)19)13-9-5-4-6-10-13/h4-7,9-12H,2-3,8H2,1H3,(H,18,19). The van der Waals surface area contributed by atoms with Crippen LogP contribution in [0.4, 0.5) is 0 Å². The molecule has 0 fully saturated rings. The van der Waals surface area contributed by atoms with E-state index in [2.05, 4.69) is 6.92 Å². The number of benzene rings is 2. The second-order valence-corrected chi connectivity index (χ2v) is 4.61. The Morgan fingerprint density at radius 1 is 1.05 bits per heavy atom. The fourth-order valence-electron chi connectivity index (χ4n) is 2.29. The van der Waals surface area contributed by atoms with Gasteiger partial charge in [-0.2, -0.15) is 0 Å². The van der Waals surface area contributed by atoms with Crippen molar-refractivity contribution < 1.29 is 9.90 Å². The highest BCUT2D eigenvalue weighted by atomic mass is 16.4. The summed E-state index contributed by atoms with van der Waals surface area (Å²) in [5.74, 6) is -0.842. The van der Waals surface area contributed by atoms with Crippen LogP contribution in [0.3, 0.4) is 0 Å². The summed E-state index contributed by atoms with van der Waals surface area (Å²) in [6, 6.07) is 15.4. The topological polar surface area (TPSA) is 37.3 Å². The van der Waals surface area contributed by atoms with Gasteiger partial charge >= 0.3 is 5.97 Å². The number of unbranched alkanes of at least 4 members (excludes halogenated alkanes) is 1. The summed E-state index contributed by atoms with van der Waals surface area (Å²) in [7, 11) is 0. The summed E-state index contributed by atoms with van der Waals surface area (Å²) in [6.07, 6.45) is 2.89. The Bertz CT molecular complexity index is 559. The lowest BCUT2D eigenvalue weighted by molar-refractivity contribution is 0.0696. The van der Waals surface area contributed by atoms with Crippen molar-refractivity contribution in [3.8, 4) is 11.1 Å². The van der Waals surface area contributed by atoms with Crippen molar-refractivity contribution in [3.05, 3.63) is 59.7 Å². The first-order valence-electron chi connectivity index (χ1n) is 6.64. The first-order chi connectivity index (χ1) is 9.24. The monoisotopic (exact) mass is 254 g/mol. The second kappa shape index (κ2) is 6.19. The number of carboxylic acids is 1. The van der Waals surface area contributed by atoms with Gasteiger partial charge in [0.25, 0.3) is 0 Å². The Kier molecular flexibility index (Phi) is 4.35. The minimum atomic E-state index is -0.842. The van der Waals surface area contributed by atoms with Crippen LogP contribution in [0.25, 0.3) is 11.1 Å². The highest BCUT2D eigenvalue weighted by molar-refractivity contribution is 5.97. The van der Waals surface area contributed by atoms with Gasteiger partial charge in [-0.3, -0.25) is 0 Å². The highest BCUT2D eigenvalue weighted by Gasteiger charge is 2.15. The number of hydrogen-bond acceptors (Lipinski definition) is 1. The molecular weight excluding hydrogens is 236 g/mol. The average Bonchev–Trinajstić information content (AvgIpc) is 2.45. The molecule has 0 aromatic heterocycles. The van der Waals surface area contributed by atoms with Gasteiger partial charge in [-0.25, -0.2) is 4.79 Å². The molecule has 2 heteroatoms. The van der Waals surface area contributed by atoms with Gasteiger partial charge in [0.15, 0.2) is 0 Å². The van der Waals surface area contributed by atoms with E-state index in [1.54, 1.807) is 0 Å². The van der Waals surface area contributed by atoms with Crippen LogP contribution in [0, 0.1) is 0 Å². The SMILES string of the molecule is CCCCc1cccc(-c2ccccc2)c1C(=O)O. The molecule has 0 atom stereocenters. The molecule has 2 aromatic carbocycles. The summed E-state index contributed by atoms with van der Waals surface area (Å²) in [5, 5.41) is 9.51. The fourth-order valence-corrected chi connectivity index (χ4v) is 2.29. The van der Waals surface area contributed by atoms with Gasteiger partial charge in [0.2, 0.25) is 0 Å². The van der Waals surface area contributed by atoms with Crippen LogP contribution >= 0.6 is 0 Å². The van der Waals surface area contributed by atoms with Crippen molar-refractivity contribution in [1.82, 2.24) is 0 Å². The number of hydrogen-bond donors (Lipinski definition) is 1. The molecule has 0 bridgehead atoms. The molecule has 0 spiro atoms. The molecule has 0 unspecified atom stereocenters. The molecule has 98 valence electrons. The highest BCUT2D eigenvalue weighted by Crippen LogP contribution is 2.27. The maximum atomic E-state index is 11.6. The van der Waals surface area contributed by atoms with Crippen molar-refractivity contribution in [2.24, 2.45) is 0 Å². The largest absolute Gasteiger partial charge is 0.478 e. The van der Waals surface area contributed by atoms with E-state index in [9.17, 15) is 9.90 Å². The Balaban J connectivity index is 2.52. The molecule has 0 radical (unpaired) electrons. The van der Waals surface area contributed by atoms with E-state index in [-0.39, 0.29) is 0 Å². The zero-order chi connectivity index (χ0) is 13.7. The summed E-state index contributed by atoms with van der Waals surface area (Å²) in [5.41, 5.74) is 3.14. The molecule has 2 rings (SSSR count). The van der Waals surface area contributed by atoms with Gasteiger partial charge in [-0.05, 0) is 29.5 Å². The van der Waals surface area contributed by atoms with Crippen LogP contribution < -0.4 is 0 Å². The Hall–Kier alpha value is -2.09. The predicted octanol–water partition coefficient (Wildman–Crippen LogP) is 4.39. The first kappa shape index (κ1) is 13.3. The lowest BCUT2D eigenvalue weighted by Gasteiger charge is -2.11. The number of aryl methyl sites for hydroxylation is 1. The van der Waals surface area contributed by atoms with Crippen LogP contribution in [0.15, 0.2) is 48.5 Å². The number of carboxylic acid groups (broad SMARTS) is 1. The minimum Gasteiger partial charge on any atom is -0.478 e. The zero-order valence-electron chi connectivity index (χ0n) is 11.1. The number of aromatic carboxylic acids is 1.